The molecule has 104 valence electrons. The van der Waals surface area contributed by atoms with Crippen LogP contribution in [0, 0.1) is 0 Å². The van der Waals surface area contributed by atoms with Crippen molar-refractivity contribution in [3.05, 3.63) is 11.7 Å². The normalized spacial score (nSPS) is 36.8. The van der Waals surface area contributed by atoms with E-state index in [1.807, 2.05) is 0 Å². The van der Waals surface area contributed by atoms with Crippen molar-refractivity contribution in [1.29, 1.82) is 0 Å². The Balaban J connectivity index is 1.56. The molecule has 0 amide bonds. The first-order chi connectivity index (χ1) is 9.24. The molecule has 0 spiro atoms. The first kappa shape index (κ1) is 11.9. The Kier molecular flexibility index (Phi) is 2.67. The van der Waals surface area contributed by atoms with Crippen LogP contribution in [0.1, 0.15) is 56.7 Å². The molecule has 3 aliphatic rings. The molecule has 3 unspecified atom stereocenters. The molecule has 0 saturated carbocycles. The van der Waals surface area contributed by atoms with Crippen LogP contribution in [-0.4, -0.2) is 35.4 Å². The summed E-state index contributed by atoms with van der Waals surface area (Å²) in [5.74, 6) is 2.07. The Morgan fingerprint density at radius 2 is 2.11 bits per heavy atom. The second-order valence-corrected chi connectivity index (χ2v) is 6.48. The second kappa shape index (κ2) is 4.28. The van der Waals surface area contributed by atoms with Crippen molar-refractivity contribution in [2.24, 2.45) is 0 Å². The molecule has 3 fully saturated rings. The monoisotopic (exact) mass is 263 g/mol. The van der Waals surface area contributed by atoms with Gasteiger partial charge in [0.2, 0.25) is 5.89 Å². The Morgan fingerprint density at radius 1 is 1.26 bits per heavy atom. The third-order valence-corrected chi connectivity index (χ3v) is 5.10. The summed E-state index contributed by atoms with van der Waals surface area (Å²) in [6.07, 6.45) is 6.34. The van der Waals surface area contributed by atoms with Crippen LogP contribution in [0.2, 0.25) is 0 Å². The summed E-state index contributed by atoms with van der Waals surface area (Å²) in [5, 5.41) is 7.63. The summed E-state index contributed by atoms with van der Waals surface area (Å²) < 4.78 is 11.5. The smallest absolute Gasteiger partial charge is 0.232 e. The van der Waals surface area contributed by atoms with Crippen molar-refractivity contribution in [3.63, 3.8) is 0 Å². The predicted molar refractivity (Wildman–Crippen MR) is 69.0 cm³/mol. The van der Waals surface area contributed by atoms with E-state index in [9.17, 15) is 0 Å². The standard InChI is InChI=1S/C14H21N3O2/c1-14(4-6-15-7-5-14)13-16-12(17-19-13)10-8-9-2-3-11(10)18-9/h9-11,15H,2-8H2,1H3. The van der Waals surface area contributed by atoms with Crippen LogP contribution in [-0.2, 0) is 10.2 Å². The van der Waals surface area contributed by atoms with Crippen LogP contribution in [0.15, 0.2) is 4.52 Å². The Hall–Kier alpha value is -0.940. The molecule has 0 aromatic carbocycles. The molecule has 1 aromatic rings. The summed E-state index contributed by atoms with van der Waals surface area (Å²) in [5.41, 5.74) is 0.0506. The van der Waals surface area contributed by atoms with E-state index in [1.54, 1.807) is 0 Å². The summed E-state index contributed by atoms with van der Waals surface area (Å²) in [6.45, 7) is 4.30. The lowest BCUT2D eigenvalue weighted by atomic mass is 9.81. The highest BCUT2D eigenvalue weighted by Crippen LogP contribution is 2.44. The quantitative estimate of drug-likeness (QED) is 0.880. The molecule has 1 N–H and O–H groups in total. The van der Waals surface area contributed by atoms with Gasteiger partial charge in [-0.2, -0.15) is 4.98 Å². The molecular formula is C14H21N3O2. The van der Waals surface area contributed by atoms with Crippen molar-refractivity contribution in [2.45, 2.75) is 62.6 Å². The molecule has 4 rings (SSSR count). The van der Waals surface area contributed by atoms with E-state index in [0.29, 0.717) is 18.1 Å². The maximum Gasteiger partial charge on any atom is 0.232 e. The van der Waals surface area contributed by atoms with E-state index < -0.39 is 0 Å². The van der Waals surface area contributed by atoms with E-state index in [2.05, 4.69) is 17.4 Å². The molecule has 5 heteroatoms. The van der Waals surface area contributed by atoms with Crippen molar-refractivity contribution in [3.8, 4) is 0 Å². The summed E-state index contributed by atoms with van der Waals surface area (Å²) in [7, 11) is 0. The molecule has 0 aliphatic carbocycles. The lowest BCUT2D eigenvalue weighted by molar-refractivity contribution is 0.0996. The molecule has 19 heavy (non-hydrogen) atoms. The average Bonchev–Trinajstić information content (AvgIpc) is 3.15. The van der Waals surface area contributed by atoms with E-state index in [1.165, 1.54) is 6.42 Å². The number of piperidine rings is 1. The van der Waals surface area contributed by atoms with Gasteiger partial charge in [0.05, 0.1) is 18.1 Å². The van der Waals surface area contributed by atoms with Crippen LogP contribution >= 0.6 is 0 Å². The maximum absolute atomic E-state index is 5.89. The number of rotatable bonds is 2. The van der Waals surface area contributed by atoms with Crippen LogP contribution in [0.3, 0.4) is 0 Å². The Labute approximate surface area is 113 Å². The minimum atomic E-state index is 0.0506. The molecule has 1 aromatic heterocycles. The van der Waals surface area contributed by atoms with Gasteiger partial charge in [0.15, 0.2) is 5.82 Å². The van der Waals surface area contributed by atoms with Crippen LogP contribution in [0.5, 0.6) is 0 Å². The van der Waals surface area contributed by atoms with Gasteiger partial charge in [-0.15, -0.1) is 0 Å². The number of aromatic nitrogens is 2. The van der Waals surface area contributed by atoms with Gasteiger partial charge in [-0.25, -0.2) is 0 Å². The number of ether oxygens (including phenoxy) is 1. The van der Waals surface area contributed by atoms with E-state index >= 15 is 0 Å². The van der Waals surface area contributed by atoms with Gasteiger partial charge in [-0.1, -0.05) is 12.1 Å². The lowest BCUT2D eigenvalue weighted by Crippen LogP contribution is -2.37. The second-order valence-electron chi connectivity index (χ2n) is 6.48. The maximum atomic E-state index is 5.89. The van der Waals surface area contributed by atoms with Gasteiger partial charge in [-0.05, 0) is 45.2 Å². The zero-order chi connectivity index (χ0) is 12.9. The fourth-order valence-corrected chi connectivity index (χ4v) is 3.73. The molecule has 2 bridgehead atoms. The number of fused-ring (bicyclic) bond motifs is 2. The molecule has 0 radical (unpaired) electrons. The number of nitrogens with zero attached hydrogens (tertiary/aromatic N) is 2. The van der Waals surface area contributed by atoms with Crippen molar-refractivity contribution in [2.75, 3.05) is 13.1 Å². The largest absolute Gasteiger partial charge is 0.374 e. The van der Waals surface area contributed by atoms with Gasteiger partial charge in [0.25, 0.3) is 0 Å². The predicted octanol–water partition coefficient (Wildman–Crippen LogP) is 1.75. The number of hydrogen-bond acceptors (Lipinski definition) is 5. The minimum Gasteiger partial charge on any atom is -0.374 e. The lowest BCUT2D eigenvalue weighted by Gasteiger charge is -2.30. The molecular weight excluding hydrogens is 242 g/mol. The highest BCUT2D eigenvalue weighted by Gasteiger charge is 2.44. The highest BCUT2D eigenvalue weighted by molar-refractivity contribution is 5.11. The molecule has 3 saturated heterocycles. The summed E-state index contributed by atoms with van der Waals surface area (Å²) in [6, 6.07) is 0. The summed E-state index contributed by atoms with van der Waals surface area (Å²) in [4.78, 5) is 4.72. The molecule has 5 nitrogen and oxygen atoms in total. The highest BCUT2D eigenvalue weighted by atomic mass is 16.5. The average molecular weight is 263 g/mol. The SMILES string of the molecule is CC1(c2nc(C3CC4CCC3O4)no2)CCNCC1. The van der Waals surface area contributed by atoms with Crippen LogP contribution in [0.25, 0.3) is 0 Å². The zero-order valence-electron chi connectivity index (χ0n) is 11.4. The van der Waals surface area contributed by atoms with Gasteiger partial charge in [0, 0.05) is 5.41 Å². The minimum absolute atomic E-state index is 0.0506. The Bertz CT molecular complexity index is 467. The fraction of sp³-hybridized carbons (Fsp3) is 0.857. The van der Waals surface area contributed by atoms with Gasteiger partial charge < -0.3 is 14.6 Å². The van der Waals surface area contributed by atoms with Crippen molar-refractivity contribution in [1.82, 2.24) is 15.5 Å². The topological polar surface area (TPSA) is 60.2 Å². The first-order valence-electron chi connectivity index (χ1n) is 7.45. The number of hydrogen-bond donors (Lipinski definition) is 1. The fourth-order valence-electron chi connectivity index (χ4n) is 3.73. The van der Waals surface area contributed by atoms with Crippen molar-refractivity contribution >= 4 is 0 Å². The van der Waals surface area contributed by atoms with E-state index in [4.69, 9.17) is 14.2 Å². The first-order valence-corrected chi connectivity index (χ1v) is 7.45. The van der Waals surface area contributed by atoms with Crippen molar-refractivity contribution < 1.29 is 9.26 Å². The summed E-state index contributed by atoms with van der Waals surface area (Å²) >= 11 is 0. The van der Waals surface area contributed by atoms with Gasteiger partial charge in [-0.3, -0.25) is 0 Å². The van der Waals surface area contributed by atoms with Gasteiger partial charge >= 0.3 is 0 Å². The van der Waals surface area contributed by atoms with Gasteiger partial charge in [0.1, 0.15) is 0 Å². The third kappa shape index (κ3) is 1.91. The molecule has 3 atom stereocenters. The zero-order valence-corrected chi connectivity index (χ0v) is 11.4. The van der Waals surface area contributed by atoms with E-state index in [0.717, 1.165) is 50.5 Å². The third-order valence-electron chi connectivity index (χ3n) is 5.10. The molecule has 3 aliphatic heterocycles. The van der Waals surface area contributed by atoms with E-state index in [-0.39, 0.29) is 5.41 Å². The molecule has 4 heterocycles. The van der Waals surface area contributed by atoms with Crippen LogP contribution in [0.4, 0.5) is 0 Å². The Morgan fingerprint density at radius 3 is 2.79 bits per heavy atom. The van der Waals surface area contributed by atoms with Crippen LogP contribution < -0.4 is 5.32 Å². The number of nitrogens with one attached hydrogen (secondary N) is 1.